The fourth-order valence-corrected chi connectivity index (χ4v) is 10.2. The van der Waals surface area contributed by atoms with Crippen molar-refractivity contribution in [3.63, 3.8) is 0 Å². The smallest absolute Gasteiger partial charge is 0.248 e. The van der Waals surface area contributed by atoms with Crippen molar-refractivity contribution >= 4 is 35.4 Å². The molecule has 2 aliphatic heterocycles. The number of carbonyl (C=O) groups excluding carboxylic acids is 6. The van der Waals surface area contributed by atoms with E-state index >= 15 is 0 Å². The molecule has 16 heteroatoms. The second-order valence-corrected chi connectivity index (χ2v) is 19.2. The van der Waals surface area contributed by atoms with Gasteiger partial charge in [-0.15, -0.1) is 0 Å². The van der Waals surface area contributed by atoms with Gasteiger partial charge in [0.05, 0.1) is 36.4 Å². The fraction of sp³-hybridized carbons (Fsp3) is 0.654. The molecule has 0 spiro atoms. The lowest BCUT2D eigenvalue weighted by molar-refractivity contribution is -0.145. The molecule has 374 valence electrons. The summed E-state index contributed by atoms with van der Waals surface area (Å²) in [7, 11) is 3.36. The Bertz CT molecular complexity index is 1890. The van der Waals surface area contributed by atoms with Crippen LogP contribution in [0.3, 0.4) is 0 Å². The minimum Gasteiger partial charge on any atom is -0.376 e. The van der Waals surface area contributed by atoms with Gasteiger partial charge >= 0.3 is 0 Å². The molecule has 0 saturated carbocycles. The molecule has 0 bridgehead atoms. The lowest BCUT2D eigenvalue weighted by Crippen LogP contribution is -2.59. The van der Waals surface area contributed by atoms with E-state index in [-0.39, 0.29) is 47.5 Å². The van der Waals surface area contributed by atoms with Crippen molar-refractivity contribution in [2.45, 2.75) is 178 Å². The number of rotatable bonds is 23. The number of likely N-dealkylation sites (tertiary alicyclic amines) is 2. The van der Waals surface area contributed by atoms with E-state index in [0.717, 1.165) is 62.5 Å². The molecule has 6 rings (SSSR count). The predicted octanol–water partition coefficient (Wildman–Crippen LogP) is 3.91. The number of carbonyl (C=O) groups is 6. The molecule has 4 aliphatic rings. The number of hydrogen-bond donors (Lipinski definition) is 6. The molecule has 6 amide bonds. The van der Waals surface area contributed by atoms with Crippen LogP contribution >= 0.6 is 0 Å². The van der Waals surface area contributed by atoms with Gasteiger partial charge in [-0.2, -0.15) is 0 Å². The molecule has 0 radical (unpaired) electrons. The van der Waals surface area contributed by atoms with Crippen molar-refractivity contribution in [2.75, 3.05) is 40.4 Å². The highest BCUT2D eigenvalue weighted by Gasteiger charge is 2.43. The van der Waals surface area contributed by atoms with Crippen LogP contribution in [0.25, 0.3) is 0 Å². The van der Waals surface area contributed by atoms with E-state index in [2.05, 4.69) is 56.2 Å². The Morgan fingerprint density at radius 3 is 1.35 bits per heavy atom. The molecule has 2 aromatic rings. The zero-order chi connectivity index (χ0) is 48.7. The number of aryl methyl sites for hydroxylation is 2. The topological polar surface area (TPSA) is 200 Å². The van der Waals surface area contributed by atoms with Crippen molar-refractivity contribution < 1.29 is 38.2 Å². The second kappa shape index (κ2) is 25.6. The van der Waals surface area contributed by atoms with E-state index in [9.17, 15) is 28.8 Å². The number of ether oxygens (including phenoxy) is 2. The largest absolute Gasteiger partial charge is 0.376 e. The molecule has 68 heavy (non-hydrogen) atoms. The summed E-state index contributed by atoms with van der Waals surface area (Å²) in [5.41, 5.74) is 4.76. The highest BCUT2D eigenvalue weighted by atomic mass is 16.5. The third kappa shape index (κ3) is 13.4. The van der Waals surface area contributed by atoms with Gasteiger partial charge in [-0.3, -0.25) is 28.8 Å². The monoisotopic (exact) mass is 943 g/mol. The van der Waals surface area contributed by atoms with E-state index < -0.39 is 48.5 Å². The third-order valence-corrected chi connectivity index (χ3v) is 14.6. The van der Waals surface area contributed by atoms with Crippen molar-refractivity contribution in [3.8, 4) is 0 Å². The summed E-state index contributed by atoms with van der Waals surface area (Å²) in [6, 6.07) is 11.9. The third-order valence-electron chi connectivity index (χ3n) is 14.6. The fourth-order valence-electron chi connectivity index (χ4n) is 10.2. The summed E-state index contributed by atoms with van der Waals surface area (Å²) >= 11 is 0. The zero-order valence-electron chi connectivity index (χ0n) is 41.3. The van der Waals surface area contributed by atoms with Gasteiger partial charge in [-0.25, -0.2) is 0 Å². The van der Waals surface area contributed by atoms with Crippen LogP contribution in [0.2, 0.25) is 0 Å². The first-order valence-electron chi connectivity index (χ1n) is 25.4. The summed E-state index contributed by atoms with van der Waals surface area (Å²) in [6.07, 6.45) is 9.78. The molecule has 2 saturated heterocycles. The lowest BCUT2D eigenvalue weighted by atomic mass is 9.87. The molecular weight excluding hydrogens is 865 g/mol. The molecule has 2 aliphatic carbocycles. The van der Waals surface area contributed by atoms with E-state index in [1.54, 1.807) is 51.6 Å². The van der Waals surface area contributed by atoms with Crippen molar-refractivity contribution in [3.05, 3.63) is 70.8 Å². The van der Waals surface area contributed by atoms with Gasteiger partial charge in [0.2, 0.25) is 35.4 Å². The number of fused-ring (bicyclic) bond motifs is 2. The summed E-state index contributed by atoms with van der Waals surface area (Å²) in [5, 5.41) is 18.2. The molecule has 10 atom stereocenters. The van der Waals surface area contributed by atoms with Crippen LogP contribution in [-0.4, -0.2) is 134 Å². The normalized spacial score (nSPS) is 22.7. The van der Waals surface area contributed by atoms with Gasteiger partial charge in [0.25, 0.3) is 0 Å². The predicted molar refractivity (Wildman–Crippen MR) is 260 cm³/mol. The Hall–Kier alpha value is -4.90. The van der Waals surface area contributed by atoms with E-state index in [4.69, 9.17) is 9.47 Å². The molecule has 2 fully saturated rings. The second-order valence-electron chi connectivity index (χ2n) is 19.2. The summed E-state index contributed by atoms with van der Waals surface area (Å²) in [6.45, 7) is 8.56. The Kier molecular flexibility index (Phi) is 19.8. The zero-order valence-corrected chi connectivity index (χ0v) is 41.3. The Labute approximate surface area is 403 Å². The van der Waals surface area contributed by atoms with Crippen molar-refractivity contribution in [1.29, 1.82) is 0 Å². The Balaban J connectivity index is 0.977. The van der Waals surface area contributed by atoms with Gasteiger partial charge < -0.3 is 51.2 Å². The quantitative estimate of drug-likeness (QED) is 0.0889. The molecule has 0 aromatic heterocycles. The van der Waals surface area contributed by atoms with Crippen LogP contribution in [0.5, 0.6) is 0 Å². The van der Waals surface area contributed by atoms with Crippen LogP contribution in [0.15, 0.2) is 48.5 Å². The van der Waals surface area contributed by atoms with Crippen molar-refractivity contribution in [2.24, 2.45) is 0 Å². The van der Waals surface area contributed by atoms with Crippen LogP contribution < -0.4 is 31.9 Å². The van der Waals surface area contributed by atoms with Gasteiger partial charge in [0, 0.05) is 26.3 Å². The first-order valence-corrected chi connectivity index (χ1v) is 25.4. The molecule has 2 heterocycles. The molecule has 16 nitrogen and oxygen atoms in total. The maximum atomic E-state index is 14.3. The van der Waals surface area contributed by atoms with Gasteiger partial charge in [0.1, 0.15) is 24.2 Å². The number of unbranched alkanes of at least 4 members (excludes halogenated alkanes) is 3. The van der Waals surface area contributed by atoms with Crippen LogP contribution in [0.1, 0.15) is 139 Å². The number of nitrogens with one attached hydrogen (secondary N) is 6. The summed E-state index contributed by atoms with van der Waals surface area (Å²) < 4.78 is 12.5. The molecule has 2 aromatic carbocycles. The number of likely N-dealkylation sites (N-methyl/N-ethyl adjacent to an activating group) is 2. The van der Waals surface area contributed by atoms with Gasteiger partial charge in [0.15, 0.2) is 0 Å². The lowest BCUT2D eigenvalue weighted by Gasteiger charge is -2.33. The van der Waals surface area contributed by atoms with Crippen molar-refractivity contribution in [1.82, 2.24) is 41.7 Å². The Morgan fingerprint density at radius 1 is 0.559 bits per heavy atom. The average molecular weight is 943 g/mol. The highest BCUT2D eigenvalue weighted by Crippen LogP contribution is 2.32. The number of amides is 6. The van der Waals surface area contributed by atoms with E-state index in [1.807, 2.05) is 24.3 Å². The van der Waals surface area contributed by atoms with Gasteiger partial charge in [-0.05, 0) is 141 Å². The average Bonchev–Trinajstić information content (AvgIpc) is 4.06. The Morgan fingerprint density at radius 2 is 0.956 bits per heavy atom. The van der Waals surface area contributed by atoms with Crippen LogP contribution in [0.4, 0.5) is 0 Å². The molecule has 6 N–H and O–H groups in total. The highest BCUT2D eigenvalue weighted by molar-refractivity contribution is 5.95. The number of nitrogens with zero attached hydrogens (tertiary/aromatic N) is 2. The van der Waals surface area contributed by atoms with Crippen LogP contribution in [0, 0.1) is 0 Å². The number of benzene rings is 2. The van der Waals surface area contributed by atoms with E-state index in [0.29, 0.717) is 64.8 Å². The summed E-state index contributed by atoms with van der Waals surface area (Å²) in [4.78, 5) is 85.7. The maximum Gasteiger partial charge on any atom is 0.248 e. The molecular formula is C52H78N8O8. The first kappa shape index (κ1) is 52.5. The standard InChI is InChI=1S/C52H78N8O8/c1-33(53-5)47(61)57-45(51(65)59-29-17-27-43(59)49(63)55-41-25-15-21-37-19-9-11-23-39(37)41)35(3)67-31-13-7-8-14-32-68-36(4)46(58-48(62)34(2)54-6)52(66)60-30-18-28-44(60)50(64)56-42-26-16-22-38-20-10-12-24-40(38)42/h9-12,19-20,23-24,33-36,41-46,53-54H,7-8,13-18,21-22,25-32H2,1-6H3,(H,55,63)(H,56,64)(H,57,61)(H,58,62)/t33-,34+,35-,36-,41?,42?,43-,44-,45?,46-/m0/s1. The SMILES string of the molecule is CN[C@@H](C)C(=O)NC(C(=O)N1CCC[C@H]1C(=O)NC1CCCc2ccccc21)[C@H](C)OCCCCCCO[C@@H](C)[C@H](NC(=O)[C@@H](C)NC)C(=O)N1CCC[C@H]1C(=O)NC1CCCc2ccccc21. The van der Waals surface area contributed by atoms with Crippen LogP contribution in [-0.2, 0) is 51.1 Å². The van der Waals surface area contributed by atoms with Gasteiger partial charge in [-0.1, -0.05) is 61.4 Å². The minimum absolute atomic E-state index is 0.102. The number of hydrogen-bond acceptors (Lipinski definition) is 10. The summed E-state index contributed by atoms with van der Waals surface area (Å²) in [5.74, 6) is -1.66. The first-order chi connectivity index (χ1) is 32.8. The minimum atomic E-state index is -0.983. The van der Waals surface area contributed by atoms with E-state index in [1.165, 1.54) is 11.1 Å². The molecule has 3 unspecified atom stereocenters. The maximum absolute atomic E-state index is 14.3.